The predicted molar refractivity (Wildman–Crippen MR) is 122 cm³/mol. The van der Waals surface area contributed by atoms with Crippen molar-refractivity contribution in [1.82, 2.24) is 19.5 Å². The number of fused-ring (bicyclic) bond motifs is 4. The minimum absolute atomic E-state index is 0.0322. The first-order chi connectivity index (χ1) is 15.6. The molecule has 0 saturated heterocycles. The van der Waals surface area contributed by atoms with Crippen LogP contribution in [0.1, 0.15) is 43.4 Å². The predicted octanol–water partition coefficient (Wildman–Crippen LogP) is 4.45. The van der Waals surface area contributed by atoms with Crippen molar-refractivity contribution >= 4 is 23.2 Å². The highest BCUT2D eigenvalue weighted by Crippen LogP contribution is 2.44. The molecule has 2 N–H and O–H groups in total. The number of H-pyrrole nitrogens is 1. The lowest BCUT2D eigenvalue weighted by molar-refractivity contribution is 0.158. The molecule has 0 aliphatic heterocycles. The number of benzene rings is 2. The Morgan fingerprint density at radius 3 is 2.47 bits per heavy atom. The van der Waals surface area contributed by atoms with Gasteiger partial charge in [-0.15, -0.1) is 0 Å². The third kappa shape index (κ3) is 3.33. The number of aromatic amines is 1. The van der Waals surface area contributed by atoms with Crippen molar-refractivity contribution in [2.24, 2.45) is 0 Å². The van der Waals surface area contributed by atoms with Gasteiger partial charge in [0.05, 0.1) is 6.33 Å². The number of rotatable bonds is 5. The van der Waals surface area contributed by atoms with Gasteiger partial charge in [-0.25, -0.2) is 9.78 Å². The van der Waals surface area contributed by atoms with E-state index in [0.29, 0.717) is 5.65 Å². The highest BCUT2D eigenvalue weighted by molar-refractivity contribution is 5.84. The largest absolute Gasteiger partial charge is 0.448 e. The number of hydrogen-bond acceptors (Lipinski definition) is 5. The molecule has 1 atom stereocenters. The van der Waals surface area contributed by atoms with E-state index in [1.54, 1.807) is 6.33 Å². The first-order valence-corrected chi connectivity index (χ1v) is 10.7. The van der Waals surface area contributed by atoms with E-state index >= 15 is 0 Å². The number of hydrogen-bond donors (Lipinski definition) is 2. The molecule has 4 aromatic rings. The van der Waals surface area contributed by atoms with Gasteiger partial charge in [0.15, 0.2) is 11.2 Å². The monoisotopic (exact) mass is 429 g/mol. The van der Waals surface area contributed by atoms with Crippen LogP contribution in [0.5, 0.6) is 0 Å². The van der Waals surface area contributed by atoms with Gasteiger partial charge in [0, 0.05) is 12.0 Å². The second-order valence-electron chi connectivity index (χ2n) is 7.95. The molecule has 1 amide bonds. The van der Waals surface area contributed by atoms with E-state index in [0.717, 1.165) is 28.7 Å². The van der Waals surface area contributed by atoms with Crippen molar-refractivity contribution in [3.05, 3.63) is 76.3 Å². The second-order valence-corrected chi connectivity index (χ2v) is 7.95. The molecule has 2 heterocycles. The molecule has 1 aliphatic rings. The minimum atomic E-state index is -0.677. The average Bonchev–Trinajstić information content (AvgIpc) is 3.37. The number of aromatic nitrogens is 4. The molecule has 1 unspecified atom stereocenters. The summed E-state index contributed by atoms with van der Waals surface area (Å²) in [7, 11) is 0. The topological polar surface area (TPSA) is 102 Å². The van der Waals surface area contributed by atoms with Crippen molar-refractivity contribution in [2.75, 3.05) is 11.9 Å². The fraction of sp³-hybridized carbons (Fsp3) is 0.250. The lowest BCUT2D eigenvalue weighted by Crippen LogP contribution is -2.22. The number of carbonyl (C=O) groups excluding carboxylic acids is 1. The van der Waals surface area contributed by atoms with Crippen LogP contribution < -0.4 is 10.9 Å². The standard InChI is InChI=1S/C24H23N5O3/c1-3-14(2)29-13-25-20-21(29)26-23(27-22(20)30)28-24(31)32-12-19-17-10-6-4-8-15(17)16-9-5-7-11-18(16)19/h4-11,13-14,19H,3,12H2,1-2H3,(H2,26,27,28,30,31). The van der Waals surface area contributed by atoms with Gasteiger partial charge in [-0.2, -0.15) is 4.98 Å². The number of nitrogens with zero attached hydrogens (tertiary/aromatic N) is 3. The molecule has 1 aliphatic carbocycles. The zero-order chi connectivity index (χ0) is 22.2. The van der Waals surface area contributed by atoms with E-state index in [9.17, 15) is 9.59 Å². The van der Waals surface area contributed by atoms with Crippen molar-refractivity contribution < 1.29 is 9.53 Å². The summed E-state index contributed by atoms with van der Waals surface area (Å²) in [6.07, 6.45) is 1.77. The van der Waals surface area contributed by atoms with Crippen LogP contribution in [-0.2, 0) is 4.74 Å². The first-order valence-electron chi connectivity index (χ1n) is 10.7. The second kappa shape index (κ2) is 7.96. The highest BCUT2D eigenvalue weighted by Gasteiger charge is 2.29. The van der Waals surface area contributed by atoms with E-state index in [1.165, 1.54) is 0 Å². The maximum absolute atomic E-state index is 12.5. The van der Waals surface area contributed by atoms with Crippen LogP contribution in [0.2, 0.25) is 0 Å². The molecule has 8 heteroatoms. The number of amides is 1. The summed E-state index contributed by atoms with van der Waals surface area (Å²) in [4.78, 5) is 36.0. The van der Waals surface area contributed by atoms with Gasteiger partial charge in [0.25, 0.3) is 5.56 Å². The zero-order valence-electron chi connectivity index (χ0n) is 17.8. The molecule has 8 nitrogen and oxygen atoms in total. The summed E-state index contributed by atoms with van der Waals surface area (Å²) >= 11 is 0. The van der Waals surface area contributed by atoms with Crippen LogP contribution in [-0.4, -0.2) is 32.2 Å². The van der Waals surface area contributed by atoms with Crippen LogP contribution in [0.15, 0.2) is 59.7 Å². The maximum Gasteiger partial charge on any atom is 0.414 e. The average molecular weight is 429 g/mol. The van der Waals surface area contributed by atoms with E-state index in [2.05, 4.69) is 44.5 Å². The number of ether oxygens (including phenoxy) is 1. The van der Waals surface area contributed by atoms with Gasteiger partial charge in [-0.3, -0.25) is 15.1 Å². The van der Waals surface area contributed by atoms with E-state index in [1.807, 2.05) is 42.7 Å². The third-order valence-corrected chi connectivity index (χ3v) is 6.06. The molecule has 2 aromatic heterocycles. The molecule has 5 rings (SSSR count). The van der Waals surface area contributed by atoms with Gasteiger partial charge >= 0.3 is 6.09 Å². The summed E-state index contributed by atoms with van der Waals surface area (Å²) in [5, 5.41) is 2.55. The molecule has 32 heavy (non-hydrogen) atoms. The quantitative estimate of drug-likeness (QED) is 0.488. The summed E-state index contributed by atoms with van der Waals surface area (Å²) in [6.45, 7) is 4.24. The Balaban J connectivity index is 1.35. The summed E-state index contributed by atoms with van der Waals surface area (Å²) in [6, 6.07) is 16.4. The molecular weight excluding hydrogens is 406 g/mol. The number of nitrogens with one attached hydrogen (secondary N) is 2. The number of anilines is 1. The fourth-order valence-electron chi connectivity index (χ4n) is 4.24. The first kappa shape index (κ1) is 20.0. The van der Waals surface area contributed by atoms with Gasteiger partial charge < -0.3 is 9.30 Å². The molecule has 0 fully saturated rings. The maximum atomic E-state index is 12.5. The van der Waals surface area contributed by atoms with Crippen LogP contribution >= 0.6 is 0 Å². The molecule has 162 valence electrons. The smallest absolute Gasteiger partial charge is 0.414 e. The van der Waals surface area contributed by atoms with E-state index in [-0.39, 0.29) is 30.0 Å². The van der Waals surface area contributed by atoms with Crippen LogP contribution in [0, 0.1) is 0 Å². The van der Waals surface area contributed by atoms with Crippen LogP contribution in [0.25, 0.3) is 22.3 Å². The zero-order valence-corrected chi connectivity index (χ0v) is 17.8. The van der Waals surface area contributed by atoms with Crippen molar-refractivity contribution in [2.45, 2.75) is 32.2 Å². The Morgan fingerprint density at radius 2 is 1.81 bits per heavy atom. The van der Waals surface area contributed by atoms with Crippen molar-refractivity contribution in [1.29, 1.82) is 0 Å². The summed E-state index contributed by atoms with van der Waals surface area (Å²) in [5.74, 6) is -0.0146. The summed E-state index contributed by atoms with van der Waals surface area (Å²) < 4.78 is 7.37. The fourth-order valence-corrected chi connectivity index (χ4v) is 4.24. The van der Waals surface area contributed by atoms with Gasteiger partial charge in [0.2, 0.25) is 5.95 Å². The SMILES string of the molecule is CCC(C)n1cnc2c(=O)[nH]c(NC(=O)OCC3c4ccccc4-c4ccccc43)nc21. The molecular formula is C24H23N5O3. The number of imidazole rings is 1. The molecule has 0 radical (unpaired) electrons. The highest BCUT2D eigenvalue weighted by atomic mass is 16.5. The molecule has 0 saturated carbocycles. The Kier molecular flexibility index (Phi) is 4.97. The Morgan fingerprint density at radius 1 is 1.16 bits per heavy atom. The van der Waals surface area contributed by atoms with Gasteiger partial charge in [0.1, 0.15) is 6.61 Å². The van der Waals surface area contributed by atoms with Gasteiger partial charge in [-0.05, 0) is 35.6 Å². The number of carbonyl (C=O) groups is 1. The third-order valence-electron chi connectivity index (χ3n) is 6.06. The van der Waals surface area contributed by atoms with Crippen LogP contribution in [0.4, 0.5) is 10.7 Å². The van der Waals surface area contributed by atoms with Crippen molar-refractivity contribution in [3.63, 3.8) is 0 Å². The summed E-state index contributed by atoms with van der Waals surface area (Å²) in [5.41, 5.74) is 4.84. The van der Waals surface area contributed by atoms with E-state index in [4.69, 9.17) is 4.74 Å². The Hall–Kier alpha value is -3.94. The van der Waals surface area contributed by atoms with E-state index < -0.39 is 11.7 Å². The normalized spacial score (nSPS) is 13.6. The van der Waals surface area contributed by atoms with Gasteiger partial charge in [-0.1, -0.05) is 55.5 Å². The molecule has 0 bridgehead atoms. The van der Waals surface area contributed by atoms with Crippen LogP contribution in [0.3, 0.4) is 0 Å². The minimum Gasteiger partial charge on any atom is -0.448 e. The molecule has 0 spiro atoms. The Labute approximate surface area is 184 Å². The van der Waals surface area contributed by atoms with Crippen molar-refractivity contribution in [3.8, 4) is 11.1 Å². The Bertz CT molecular complexity index is 1330. The lowest BCUT2D eigenvalue weighted by atomic mass is 9.98. The lowest BCUT2D eigenvalue weighted by Gasteiger charge is -2.14. The molecule has 2 aromatic carbocycles.